The van der Waals surface area contributed by atoms with Crippen molar-refractivity contribution in [3.8, 4) is 0 Å². The molecule has 12 atom stereocenters. The molecular weight excluding hydrogens is 1390 g/mol. The predicted molar refractivity (Wildman–Crippen MR) is 369 cm³/mol. The highest BCUT2D eigenvalue weighted by molar-refractivity contribution is 6.71. The van der Waals surface area contributed by atoms with Crippen molar-refractivity contribution in [2.75, 3.05) is 39.6 Å². The molecule has 1 aromatic carbocycles. The molecule has 3 aliphatic rings. The summed E-state index contributed by atoms with van der Waals surface area (Å²) in [4.78, 5) is 83.8. The molecule has 3 heterocycles. The molecule has 0 aliphatic carbocycles. The van der Waals surface area contributed by atoms with Gasteiger partial charge in [0.25, 0.3) is 0 Å². The van der Waals surface area contributed by atoms with Crippen LogP contribution in [0.15, 0.2) is 55.6 Å². The van der Waals surface area contributed by atoms with Crippen LogP contribution in [0.4, 0.5) is 19.2 Å². The third-order valence-corrected chi connectivity index (χ3v) is 19.1. The number of amides is 2. The molecule has 1 aromatic rings. The SMILES string of the molecule is C=CCOC(=O)O[C@@H]1[C@@H](NC(=O)OCC(Cl)(Cl)Cl)[C@H](O[Si](C)(C)CCCCCC)O[C@H](CO[C@@H]2O[C@@H]3CO[C@@H](c4ccccc4)O[C@H]3[C@H](OC(=O)C[C@@H](CCCCCCCCCCC)OC(=O)CCCCCCCCCCC)[C@H]2NC(=O)OCC(Cl)(Cl)Cl)[C@H]1OC(=O)OCC=C. The monoisotopic (exact) mass is 1490 g/mol. The Labute approximate surface area is 598 Å². The second-order valence-electron chi connectivity index (χ2n) is 24.8. The van der Waals surface area contributed by atoms with Gasteiger partial charge in [0, 0.05) is 12.0 Å². The fourth-order valence-electron chi connectivity index (χ4n) is 11.2. The third kappa shape index (κ3) is 34.7. The van der Waals surface area contributed by atoms with Gasteiger partial charge in [0.15, 0.2) is 45.5 Å². The highest BCUT2D eigenvalue weighted by Crippen LogP contribution is 2.39. The number of ether oxygens (including phenoxy) is 13. The summed E-state index contributed by atoms with van der Waals surface area (Å²) in [5.74, 6) is -1.27. The van der Waals surface area contributed by atoms with Crippen LogP contribution in [0.25, 0.3) is 0 Å². The standard InChI is InChI=1S/C67H104Cl6N2O20Si/c1-8-13-16-19-21-23-25-27-32-37-48(88-51(76)38-33-28-26-24-22-20-17-14-9-2)42-52(77)91-57-53(74-62(78)86-45-66(68,69)70)60(89-49-43-84-59(92-55(49)57)47-35-30-29-31-36-47)85-44-50-56(93-64(80)82-39-11-4)58(94-65(81)83-40-12-5)54(75-63(79)87-46-67(71,72)73)61(90-50)95-96(6,7)41-34-18-15-10-3/h11-12,29-31,35-36,48-50,53-61H,4-5,8-10,13-28,32-34,37-46H2,1-3,6-7H3,(H,74,78)(H,75,79)/t48-,49-,50-,53-,54-,55-,56-,57-,58-,59-,60-,61+/m1/s1. The fraction of sp³-hybridized carbons (Fsp3) is 0.761. The molecule has 0 aromatic heterocycles. The van der Waals surface area contributed by atoms with E-state index in [-0.39, 0.29) is 32.7 Å². The van der Waals surface area contributed by atoms with E-state index in [9.17, 15) is 28.8 Å². The number of carbonyl (C=O) groups excluding carboxylic acids is 6. The summed E-state index contributed by atoms with van der Waals surface area (Å²) in [5, 5.41) is 5.28. The van der Waals surface area contributed by atoms with Crippen molar-refractivity contribution in [3.05, 3.63) is 61.2 Å². The number of alkyl halides is 6. The van der Waals surface area contributed by atoms with E-state index in [2.05, 4.69) is 44.6 Å². The number of nitrogens with one attached hydrogen (secondary N) is 2. The number of fused-ring (bicyclic) bond motifs is 1. The second kappa shape index (κ2) is 46.8. The molecule has 22 nitrogen and oxygen atoms in total. The molecule has 29 heteroatoms. The Morgan fingerprint density at radius 1 is 0.594 bits per heavy atom. The maximum Gasteiger partial charge on any atom is 0.509 e. The lowest BCUT2D eigenvalue weighted by Crippen LogP contribution is -2.69. The van der Waals surface area contributed by atoms with E-state index < -0.39 is 146 Å². The molecule has 0 spiro atoms. The lowest BCUT2D eigenvalue weighted by Gasteiger charge is -2.49. The Morgan fingerprint density at radius 2 is 1.09 bits per heavy atom. The Kier molecular flexibility index (Phi) is 41.3. The summed E-state index contributed by atoms with van der Waals surface area (Å²) in [6.07, 6.45) is 5.85. The number of hydrogen-bond acceptors (Lipinski definition) is 20. The zero-order chi connectivity index (χ0) is 70.4. The van der Waals surface area contributed by atoms with Crippen LogP contribution in [-0.2, 0) is 75.6 Å². The molecule has 0 radical (unpaired) electrons. The smallest absolute Gasteiger partial charge is 0.462 e. The maximum atomic E-state index is 14.9. The molecule has 2 N–H and O–H groups in total. The summed E-state index contributed by atoms with van der Waals surface area (Å²) in [6, 6.07) is 6.34. The van der Waals surface area contributed by atoms with Crippen LogP contribution in [0.1, 0.15) is 193 Å². The number of rotatable bonds is 45. The number of hydrogen-bond donors (Lipinski definition) is 2. The van der Waals surface area contributed by atoms with Crippen LogP contribution >= 0.6 is 69.6 Å². The van der Waals surface area contributed by atoms with Gasteiger partial charge in [0.2, 0.25) is 7.59 Å². The first-order chi connectivity index (χ1) is 45.9. The Morgan fingerprint density at radius 3 is 1.62 bits per heavy atom. The molecule has 0 bridgehead atoms. The highest BCUT2D eigenvalue weighted by Gasteiger charge is 2.57. The first-order valence-corrected chi connectivity index (χ1v) is 39.5. The zero-order valence-electron chi connectivity index (χ0n) is 56.4. The molecule has 3 saturated heterocycles. The molecule has 4 rings (SSSR count). The van der Waals surface area contributed by atoms with Gasteiger partial charge in [-0.3, -0.25) is 9.59 Å². The quantitative estimate of drug-likeness (QED) is 0.0154. The minimum absolute atomic E-state index is 0.172. The van der Waals surface area contributed by atoms with E-state index in [0.29, 0.717) is 30.9 Å². The number of alkyl carbamates (subject to hydrolysis) is 2. The topological polar surface area (TPSA) is 256 Å². The van der Waals surface area contributed by atoms with E-state index in [1.165, 1.54) is 50.7 Å². The van der Waals surface area contributed by atoms with Gasteiger partial charge in [-0.15, -0.1) is 0 Å². The molecule has 3 fully saturated rings. The van der Waals surface area contributed by atoms with E-state index >= 15 is 0 Å². The molecule has 2 amide bonds. The first-order valence-electron chi connectivity index (χ1n) is 34.1. The lowest BCUT2D eigenvalue weighted by molar-refractivity contribution is -0.350. The first kappa shape index (κ1) is 84.9. The summed E-state index contributed by atoms with van der Waals surface area (Å²) in [6.45, 7) is 14.4. The molecule has 0 saturated carbocycles. The number of halogens is 6. The minimum Gasteiger partial charge on any atom is -0.462 e. The normalized spacial score (nSPS) is 23.1. The van der Waals surface area contributed by atoms with Gasteiger partial charge in [-0.05, 0) is 38.4 Å². The zero-order valence-corrected chi connectivity index (χ0v) is 62.0. The van der Waals surface area contributed by atoms with Crippen molar-refractivity contribution >= 4 is 114 Å². The van der Waals surface area contributed by atoms with Crippen LogP contribution in [0.2, 0.25) is 19.1 Å². The molecule has 96 heavy (non-hydrogen) atoms. The Bertz CT molecular complexity index is 2430. The number of benzene rings is 1. The van der Waals surface area contributed by atoms with Crippen molar-refractivity contribution in [2.45, 2.75) is 282 Å². The number of esters is 2. The summed E-state index contributed by atoms with van der Waals surface area (Å²) in [5.41, 5.74) is 0.596. The minimum atomic E-state index is -2.88. The van der Waals surface area contributed by atoms with Crippen molar-refractivity contribution < 1.29 is 94.8 Å². The van der Waals surface area contributed by atoms with Crippen LogP contribution in [0, 0.1) is 0 Å². The summed E-state index contributed by atoms with van der Waals surface area (Å²) in [7, 11) is -2.88. The van der Waals surface area contributed by atoms with Crippen LogP contribution in [-0.4, -0.2) is 159 Å². The van der Waals surface area contributed by atoms with Gasteiger partial charge in [-0.1, -0.05) is 274 Å². The van der Waals surface area contributed by atoms with Crippen molar-refractivity contribution in [3.63, 3.8) is 0 Å². The van der Waals surface area contributed by atoms with Gasteiger partial charge in [-0.25, -0.2) is 19.2 Å². The van der Waals surface area contributed by atoms with Crippen molar-refractivity contribution in [1.82, 2.24) is 10.6 Å². The fourth-order valence-corrected chi connectivity index (χ4v) is 13.6. The highest BCUT2D eigenvalue weighted by atomic mass is 35.6. The van der Waals surface area contributed by atoms with Gasteiger partial charge in [-0.2, -0.15) is 0 Å². The predicted octanol–water partition coefficient (Wildman–Crippen LogP) is 16.8. The number of unbranched alkanes of at least 4 members (excludes halogenated alkanes) is 19. The third-order valence-electron chi connectivity index (χ3n) is 16.0. The molecule has 3 aliphatic heterocycles. The molecular formula is C67H104Cl6N2O20Si. The second-order valence-corrected chi connectivity index (χ2v) is 34.1. The van der Waals surface area contributed by atoms with Crippen LogP contribution in [0.3, 0.4) is 0 Å². The van der Waals surface area contributed by atoms with Crippen molar-refractivity contribution in [2.24, 2.45) is 0 Å². The van der Waals surface area contributed by atoms with Gasteiger partial charge in [0.05, 0.1) is 19.6 Å². The van der Waals surface area contributed by atoms with E-state index in [4.69, 9.17) is 136 Å². The van der Waals surface area contributed by atoms with Gasteiger partial charge in [0.1, 0.15) is 62.9 Å². The largest absolute Gasteiger partial charge is 0.509 e. The molecule has 0 unspecified atom stereocenters. The van der Waals surface area contributed by atoms with E-state index in [0.717, 1.165) is 89.9 Å². The summed E-state index contributed by atoms with van der Waals surface area (Å²) < 4.78 is 81.3. The van der Waals surface area contributed by atoms with Crippen LogP contribution in [0.5, 0.6) is 0 Å². The van der Waals surface area contributed by atoms with Crippen LogP contribution < -0.4 is 10.6 Å². The van der Waals surface area contributed by atoms with E-state index in [1.807, 2.05) is 19.2 Å². The number of carbonyl (C=O) groups is 6. The average molecular weight is 1500 g/mol. The van der Waals surface area contributed by atoms with Gasteiger partial charge < -0.3 is 76.6 Å². The Balaban J connectivity index is 1.82. The average Bonchev–Trinajstić information content (AvgIpc) is 0.774. The Hall–Kier alpha value is -3.56. The van der Waals surface area contributed by atoms with Crippen molar-refractivity contribution in [1.29, 1.82) is 0 Å². The van der Waals surface area contributed by atoms with Gasteiger partial charge >= 0.3 is 36.4 Å². The van der Waals surface area contributed by atoms with E-state index in [1.54, 1.807) is 24.3 Å². The lowest BCUT2D eigenvalue weighted by atomic mass is 9.94. The maximum absolute atomic E-state index is 14.9. The molecule has 548 valence electrons. The summed E-state index contributed by atoms with van der Waals surface area (Å²) >= 11 is 36.1.